The fourth-order valence-corrected chi connectivity index (χ4v) is 10.7. The Hall–Kier alpha value is -0.590. The molecule has 0 unspecified atom stereocenters. The molecule has 5 saturated carbocycles. The maximum absolute atomic E-state index is 12.8. The lowest BCUT2D eigenvalue weighted by Crippen LogP contribution is -2.44. The van der Waals surface area contributed by atoms with Crippen molar-refractivity contribution in [3.8, 4) is 0 Å². The Bertz CT molecular complexity index is 735. The zero-order valence-corrected chi connectivity index (χ0v) is 20.4. The van der Waals surface area contributed by atoms with Gasteiger partial charge in [-0.25, -0.2) is 0 Å². The van der Waals surface area contributed by atoms with Crippen LogP contribution in [0.3, 0.4) is 0 Å². The van der Waals surface area contributed by atoms with Crippen molar-refractivity contribution in [3.05, 3.63) is 12.2 Å². The number of ketones is 1. The van der Waals surface area contributed by atoms with Crippen LogP contribution in [0.5, 0.6) is 0 Å². The molecule has 5 aliphatic rings. The molecule has 168 valence electrons. The molecule has 0 radical (unpaired) electrons. The Morgan fingerprint density at radius 3 is 2.50 bits per heavy atom. The van der Waals surface area contributed by atoms with Gasteiger partial charge >= 0.3 is 0 Å². The normalized spacial score (nSPS) is 50.5. The lowest BCUT2D eigenvalue weighted by Gasteiger charge is -2.51. The van der Waals surface area contributed by atoms with Crippen LogP contribution in [-0.2, 0) is 4.79 Å². The van der Waals surface area contributed by atoms with Gasteiger partial charge in [0.15, 0.2) is 5.78 Å². The maximum atomic E-state index is 12.8. The van der Waals surface area contributed by atoms with Crippen LogP contribution in [0.4, 0.5) is 0 Å². The molecule has 0 aromatic carbocycles. The summed E-state index contributed by atoms with van der Waals surface area (Å²) in [5.74, 6) is 6.26. The highest BCUT2D eigenvalue weighted by molar-refractivity contribution is 5.99. The van der Waals surface area contributed by atoms with Gasteiger partial charge in [-0.3, -0.25) is 4.79 Å². The summed E-state index contributed by atoms with van der Waals surface area (Å²) in [6.45, 7) is 17.0. The first kappa shape index (κ1) is 21.3. The highest BCUT2D eigenvalue weighted by Gasteiger charge is 2.73. The fourth-order valence-electron chi connectivity index (χ4n) is 10.7. The molecule has 5 aliphatic carbocycles. The summed E-state index contributed by atoms with van der Waals surface area (Å²) in [4.78, 5) is 12.8. The monoisotopic (exact) mass is 410 g/mol. The first-order valence-electron chi connectivity index (χ1n) is 13.4. The SMILES string of the molecule is C=C1C(=O)C[C@H]2CC[C@]3(C)[C@H]4CC[C@]5(C)[C@@H]([C@H](C)CCCC(C)C)CC[C@H]5[C@@H]4C[C@]123. The molecular formula is C29H46O. The van der Waals surface area contributed by atoms with Crippen LogP contribution >= 0.6 is 0 Å². The third kappa shape index (κ3) is 2.56. The Morgan fingerprint density at radius 1 is 1.00 bits per heavy atom. The summed E-state index contributed by atoms with van der Waals surface area (Å²) >= 11 is 0. The smallest absolute Gasteiger partial charge is 0.159 e. The van der Waals surface area contributed by atoms with Crippen LogP contribution in [0, 0.1) is 57.7 Å². The second kappa shape index (κ2) is 6.95. The third-order valence-corrected chi connectivity index (χ3v) is 12.0. The second-order valence-electron chi connectivity index (χ2n) is 13.3. The number of hydrogen-bond donors (Lipinski definition) is 0. The Labute approximate surface area is 185 Å². The van der Waals surface area contributed by atoms with Crippen LogP contribution in [0.2, 0.25) is 0 Å². The van der Waals surface area contributed by atoms with Gasteiger partial charge in [-0.05, 0) is 103 Å². The summed E-state index contributed by atoms with van der Waals surface area (Å²) in [7, 11) is 0. The number of carbonyl (C=O) groups is 1. The van der Waals surface area contributed by atoms with E-state index in [1.54, 1.807) is 0 Å². The molecule has 1 nitrogen and oxygen atoms in total. The van der Waals surface area contributed by atoms with Crippen molar-refractivity contribution in [2.45, 2.75) is 105 Å². The van der Waals surface area contributed by atoms with E-state index in [0.717, 1.165) is 47.5 Å². The minimum atomic E-state index is 0.172. The van der Waals surface area contributed by atoms with Crippen molar-refractivity contribution in [1.82, 2.24) is 0 Å². The third-order valence-electron chi connectivity index (χ3n) is 12.0. The minimum Gasteiger partial charge on any atom is -0.295 e. The van der Waals surface area contributed by atoms with E-state index < -0.39 is 0 Å². The molecule has 9 atom stereocenters. The van der Waals surface area contributed by atoms with Crippen molar-refractivity contribution >= 4 is 5.78 Å². The molecule has 0 aliphatic heterocycles. The standard InChI is InChI=1S/C29H46O/c1-18(2)8-7-9-19(3)23-10-11-24-22-17-29-20(4)26(30)16-21(29)12-15-28(29,6)25(22)13-14-27(23,24)5/h18-19,21-25H,4,7-17H2,1-3,5-6H3/t19-,21-,22+,23-,24+,25+,27-,28-,29+/m1/s1. The largest absolute Gasteiger partial charge is 0.295 e. The van der Waals surface area contributed by atoms with E-state index in [0.29, 0.717) is 22.5 Å². The lowest BCUT2D eigenvalue weighted by molar-refractivity contribution is -0.115. The van der Waals surface area contributed by atoms with Crippen molar-refractivity contribution < 1.29 is 4.79 Å². The number of rotatable bonds is 5. The van der Waals surface area contributed by atoms with Crippen LogP contribution in [0.15, 0.2) is 12.2 Å². The van der Waals surface area contributed by atoms with E-state index >= 15 is 0 Å². The molecule has 5 fully saturated rings. The van der Waals surface area contributed by atoms with Crippen molar-refractivity contribution in [2.75, 3.05) is 0 Å². The van der Waals surface area contributed by atoms with Gasteiger partial charge in [0.25, 0.3) is 0 Å². The summed E-state index contributed by atoms with van der Waals surface area (Å²) < 4.78 is 0. The molecule has 1 heteroatoms. The van der Waals surface area contributed by atoms with Gasteiger partial charge in [-0.15, -0.1) is 0 Å². The van der Waals surface area contributed by atoms with Crippen molar-refractivity contribution in [3.63, 3.8) is 0 Å². The molecule has 0 N–H and O–H groups in total. The van der Waals surface area contributed by atoms with Gasteiger partial charge in [-0.1, -0.05) is 60.5 Å². The van der Waals surface area contributed by atoms with Gasteiger partial charge in [0, 0.05) is 11.8 Å². The number of Topliss-reactive ketones (excluding diaryl/α,β-unsaturated/α-hetero) is 1. The highest BCUT2D eigenvalue weighted by atomic mass is 16.1. The predicted octanol–water partition coefficient (Wildman–Crippen LogP) is 7.84. The zero-order chi connectivity index (χ0) is 21.5. The molecule has 0 saturated heterocycles. The van der Waals surface area contributed by atoms with E-state index in [-0.39, 0.29) is 5.41 Å². The number of carbonyl (C=O) groups excluding carboxylic acids is 1. The Morgan fingerprint density at radius 2 is 1.77 bits per heavy atom. The topological polar surface area (TPSA) is 17.1 Å². The van der Waals surface area contributed by atoms with Crippen LogP contribution in [0.1, 0.15) is 105 Å². The first-order chi connectivity index (χ1) is 14.1. The summed E-state index contributed by atoms with van der Waals surface area (Å²) in [5, 5.41) is 0. The van der Waals surface area contributed by atoms with Crippen LogP contribution in [-0.4, -0.2) is 5.78 Å². The second-order valence-corrected chi connectivity index (χ2v) is 13.3. The molecule has 5 rings (SSSR count). The average Bonchev–Trinajstić information content (AvgIpc) is 3.32. The fraction of sp³-hybridized carbons (Fsp3) is 0.897. The predicted molar refractivity (Wildman–Crippen MR) is 125 cm³/mol. The van der Waals surface area contributed by atoms with Gasteiger partial charge in [0.05, 0.1) is 0 Å². The molecule has 0 aromatic heterocycles. The van der Waals surface area contributed by atoms with Crippen LogP contribution in [0.25, 0.3) is 0 Å². The van der Waals surface area contributed by atoms with E-state index in [2.05, 4.69) is 41.2 Å². The lowest BCUT2D eigenvalue weighted by atomic mass is 9.54. The average molecular weight is 411 g/mol. The van der Waals surface area contributed by atoms with E-state index in [1.807, 2.05) is 0 Å². The van der Waals surface area contributed by atoms with Crippen LogP contribution < -0.4 is 0 Å². The molecule has 0 bridgehead atoms. The van der Waals surface area contributed by atoms with Crippen molar-refractivity contribution in [1.29, 1.82) is 0 Å². The van der Waals surface area contributed by atoms with E-state index in [4.69, 9.17) is 0 Å². The van der Waals surface area contributed by atoms with Gasteiger partial charge in [0.1, 0.15) is 0 Å². The molecular weight excluding hydrogens is 364 g/mol. The Kier molecular flexibility index (Phi) is 4.93. The Balaban J connectivity index is 1.39. The van der Waals surface area contributed by atoms with Gasteiger partial charge in [-0.2, -0.15) is 0 Å². The summed E-state index contributed by atoms with van der Waals surface area (Å²) in [6, 6.07) is 0. The number of fused-ring (bicyclic) bond motifs is 4. The van der Waals surface area contributed by atoms with Gasteiger partial charge < -0.3 is 0 Å². The minimum absolute atomic E-state index is 0.172. The van der Waals surface area contributed by atoms with E-state index in [9.17, 15) is 4.79 Å². The zero-order valence-electron chi connectivity index (χ0n) is 20.4. The molecule has 30 heavy (non-hydrogen) atoms. The number of allylic oxidation sites excluding steroid dienone is 1. The number of hydrogen-bond acceptors (Lipinski definition) is 1. The summed E-state index contributed by atoms with van der Waals surface area (Å²) in [6.07, 6.45) is 14.7. The first-order valence-corrected chi connectivity index (χ1v) is 13.4. The molecule has 0 amide bonds. The maximum Gasteiger partial charge on any atom is 0.159 e. The quantitative estimate of drug-likeness (QED) is 0.422. The van der Waals surface area contributed by atoms with E-state index in [1.165, 1.54) is 64.2 Å². The molecule has 0 aromatic rings. The summed E-state index contributed by atoms with van der Waals surface area (Å²) in [5.41, 5.74) is 2.13. The van der Waals surface area contributed by atoms with Crippen molar-refractivity contribution in [2.24, 2.45) is 57.7 Å². The molecule has 1 spiro atoms. The van der Waals surface area contributed by atoms with Gasteiger partial charge in [0.2, 0.25) is 0 Å². The highest BCUT2D eigenvalue weighted by Crippen LogP contribution is 2.79. The molecule has 0 heterocycles.